The zero-order valence-electron chi connectivity index (χ0n) is 16.8. The van der Waals surface area contributed by atoms with Gasteiger partial charge in [-0.3, -0.25) is 4.79 Å². The molecule has 0 unspecified atom stereocenters. The maximum Gasteiger partial charge on any atom is 0.338 e. The standard InChI is InChI=1S/C21H20N6O4/c1-2-30-19-10-8-17(9-11-19)26(13-3-12-22)20(28)14-31-21(29)16-4-6-18(7-5-16)27-15-23-24-25-27/h4-11,15H,2-3,13-14H2,1H3. The number of ether oxygens (including phenoxy) is 2. The molecule has 3 aromatic rings. The molecule has 0 radical (unpaired) electrons. The Balaban J connectivity index is 1.63. The van der Waals surface area contributed by atoms with Crippen LogP contribution in [0.15, 0.2) is 54.9 Å². The van der Waals surface area contributed by atoms with Crippen LogP contribution in [0.1, 0.15) is 23.7 Å². The van der Waals surface area contributed by atoms with Gasteiger partial charge in [-0.25, -0.2) is 9.48 Å². The first kappa shape index (κ1) is 21.4. The molecule has 0 saturated carbocycles. The van der Waals surface area contributed by atoms with Crippen LogP contribution < -0.4 is 9.64 Å². The lowest BCUT2D eigenvalue weighted by Crippen LogP contribution is -2.35. The third kappa shape index (κ3) is 5.63. The van der Waals surface area contributed by atoms with Gasteiger partial charge in [0.1, 0.15) is 12.1 Å². The van der Waals surface area contributed by atoms with Gasteiger partial charge in [-0.15, -0.1) is 5.10 Å². The van der Waals surface area contributed by atoms with Gasteiger partial charge in [0.05, 0.1) is 30.3 Å². The molecular formula is C21H20N6O4. The monoisotopic (exact) mass is 420 g/mol. The maximum absolute atomic E-state index is 12.7. The smallest absolute Gasteiger partial charge is 0.338 e. The minimum atomic E-state index is -0.636. The van der Waals surface area contributed by atoms with Crippen molar-refractivity contribution >= 4 is 17.6 Å². The maximum atomic E-state index is 12.7. The summed E-state index contributed by atoms with van der Waals surface area (Å²) in [4.78, 5) is 26.4. The number of carbonyl (C=O) groups is 2. The lowest BCUT2D eigenvalue weighted by Gasteiger charge is -2.22. The highest BCUT2D eigenvalue weighted by molar-refractivity contribution is 5.97. The average Bonchev–Trinajstić information content (AvgIpc) is 3.34. The summed E-state index contributed by atoms with van der Waals surface area (Å²) < 4.78 is 12.0. The second kappa shape index (κ2) is 10.5. The summed E-state index contributed by atoms with van der Waals surface area (Å²) in [6.07, 6.45) is 1.58. The van der Waals surface area contributed by atoms with Crippen LogP contribution in [-0.2, 0) is 9.53 Å². The first-order chi connectivity index (χ1) is 15.1. The van der Waals surface area contributed by atoms with Gasteiger partial charge in [0.25, 0.3) is 5.91 Å². The van der Waals surface area contributed by atoms with Gasteiger partial charge in [-0.05, 0) is 65.9 Å². The molecule has 1 aromatic heterocycles. The fourth-order valence-corrected chi connectivity index (χ4v) is 2.77. The van der Waals surface area contributed by atoms with Crippen molar-refractivity contribution in [3.8, 4) is 17.5 Å². The van der Waals surface area contributed by atoms with Gasteiger partial charge in [0, 0.05) is 12.2 Å². The minimum Gasteiger partial charge on any atom is -0.494 e. The summed E-state index contributed by atoms with van der Waals surface area (Å²) in [5, 5.41) is 19.8. The minimum absolute atomic E-state index is 0.144. The predicted molar refractivity (Wildman–Crippen MR) is 110 cm³/mol. The molecule has 2 aromatic carbocycles. The van der Waals surface area contributed by atoms with Crippen molar-refractivity contribution in [2.45, 2.75) is 13.3 Å². The molecular weight excluding hydrogens is 400 g/mol. The van der Waals surface area contributed by atoms with E-state index in [4.69, 9.17) is 14.7 Å². The number of benzene rings is 2. The van der Waals surface area contributed by atoms with E-state index in [1.54, 1.807) is 48.5 Å². The van der Waals surface area contributed by atoms with E-state index in [0.29, 0.717) is 23.7 Å². The van der Waals surface area contributed by atoms with Crippen LogP contribution in [0.2, 0.25) is 0 Å². The number of amides is 1. The number of aromatic nitrogens is 4. The topological polar surface area (TPSA) is 123 Å². The van der Waals surface area contributed by atoms with Crippen LogP contribution in [0.25, 0.3) is 5.69 Å². The van der Waals surface area contributed by atoms with E-state index >= 15 is 0 Å². The molecule has 0 aliphatic rings. The average molecular weight is 420 g/mol. The molecule has 0 aliphatic carbocycles. The van der Waals surface area contributed by atoms with Crippen LogP contribution in [0.4, 0.5) is 5.69 Å². The summed E-state index contributed by atoms with van der Waals surface area (Å²) in [6, 6.07) is 15.4. The van der Waals surface area contributed by atoms with Crippen LogP contribution >= 0.6 is 0 Å². The Morgan fingerprint density at radius 3 is 2.48 bits per heavy atom. The second-order valence-electron chi connectivity index (χ2n) is 6.26. The molecule has 31 heavy (non-hydrogen) atoms. The van der Waals surface area contributed by atoms with E-state index in [1.165, 1.54) is 15.9 Å². The molecule has 0 spiro atoms. The Hall–Kier alpha value is -4.26. The van der Waals surface area contributed by atoms with Crippen LogP contribution in [0.3, 0.4) is 0 Å². The van der Waals surface area contributed by atoms with Crippen molar-refractivity contribution in [3.63, 3.8) is 0 Å². The molecule has 0 fully saturated rings. The molecule has 1 heterocycles. The fourth-order valence-electron chi connectivity index (χ4n) is 2.77. The van der Waals surface area contributed by atoms with Gasteiger partial charge >= 0.3 is 5.97 Å². The third-order valence-electron chi connectivity index (χ3n) is 4.25. The number of tetrazole rings is 1. The summed E-state index contributed by atoms with van der Waals surface area (Å²) in [5.74, 6) is -0.392. The molecule has 0 bridgehead atoms. The highest BCUT2D eigenvalue weighted by Crippen LogP contribution is 2.20. The highest BCUT2D eigenvalue weighted by Gasteiger charge is 2.18. The summed E-state index contributed by atoms with van der Waals surface area (Å²) in [7, 11) is 0. The van der Waals surface area contributed by atoms with Gasteiger partial charge in [-0.2, -0.15) is 5.26 Å². The van der Waals surface area contributed by atoms with Gasteiger partial charge in [-0.1, -0.05) is 0 Å². The van der Waals surface area contributed by atoms with Crippen molar-refractivity contribution in [3.05, 3.63) is 60.4 Å². The molecule has 1 amide bonds. The second-order valence-corrected chi connectivity index (χ2v) is 6.26. The Kier molecular flexibility index (Phi) is 7.26. The predicted octanol–water partition coefficient (Wildman–Crippen LogP) is 2.16. The fraction of sp³-hybridized carbons (Fsp3) is 0.238. The SMILES string of the molecule is CCOc1ccc(N(CCC#N)C(=O)COC(=O)c2ccc(-n3cnnn3)cc2)cc1. The number of nitriles is 1. The molecule has 10 heteroatoms. The Morgan fingerprint density at radius 2 is 1.87 bits per heavy atom. The molecule has 158 valence electrons. The number of hydrogen-bond donors (Lipinski definition) is 0. The highest BCUT2D eigenvalue weighted by atomic mass is 16.5. The van der Waals surface area contributed by atoms with Gasteiger partial charge < -0.3 is 14.4 Å². The van der Waals surface area contributed by atoms with Crippen molar-refractivity contribution in [1.82, 2.24) is 20.2 Å². The normalized spacial score (nSPS) is 10.2. The van der Waals surface area contributed by atoms with Crippen LogP contribution in [0, 0.1) is 11.3 Å². The van der Waals surface area contributed by atoms with E-state index in [2.05, 4.69) is 15.5 Å². The first-order valence-electron chi connectivity index (χ1n) is 9.53. The molecule has 10 nitrogen and oxygen atoms in total. The number of carbonyl (C=O) groups excluding carboxylic acids is 2. The van der Waals surface area contributed by atoms with E-state index in [1.807, 2.05) is 13.0 Å². The van der Waals surface area contributed by atoms with E-state index in [9.17, 15) is 9.59 Å². The third-order valence-corrected chi connectivity index (χ3v) is 4.25. The zero-order valence-corrected chi connectivity index (χ0v) is 16.8. The van der Waals surface area contributed by atoms with E-state index in [-0.39, 0.29) is 18.5 Å². The molecule has 0 atom stereocenters. The van der Waals surface area contributed by atoms with Crippen molar-refractivity contribution in [2.24, 2.45) is 0 Å². The molecule has 0 N–H and O–H groups in total. The Bertz CT molecular complexity index is 1040. The van der Waals surface area contributed by atoms with Gasteiger partial charge in [0.2, 0.25) is 0 Å². The van der Waals surface area contributed by atoms with Crippen molar-refractivity contribution < 1.29 is 19.1 Å². The molecule has 0 saturated heterocycles. The largest absolute Gasteiger partial charge is 0.494 e. The number of esters is 1. The van der Waals surface area contributed by atoms with Crippen LogP contribution in [-0.4, -0.2) is 51.8 Å². The first-order valence-corrected chi connectivity index (χ1v) is 9.53. The van der Waals surface area contributed by atoms with E-state index in [0.717, 1.165) is 0 Å². The van der Waals surface area contributed by atoms with Gasteiger partial charge in [0.15, 0.2) is 6.61 Å². The summed E-state index contributed by atoms with van der Waals surface area (Å²) >= 11 is 0. The lowest BCUT2D eigenvalue weighted by atomic mass is 10.2. The van der Waals surface area contributed by atoms with Crippen molar-refractivity contribution in [1.29, 1.82) is 5.26 Å². The molecule has 3 rings (SSSR count). The Morgan fingerprint density at radius 1 is 1.13 bits per heavy atom. The Labute approximate surface area is 178 Å². The molecule has 0 aliphatic heterocycles. The summed E-state index contributed by atoms with van der Waals surface area (Å²) in [6.45, 7) is 2.14. The van der Waals surface area contributed by atoms with E-state index < -0.39 is 18.5 Å². The zero-order chi connectivity index (χ0) is 22.1. The number of nitrogens with zero attached hydrogens (tertiary/aromatic N) is 6. The lowest BCUT2D eigenvalue weighted by molar-refractivity contribution is -0.121. The van der Waals surface area contributed by atoms with Crippen LogP contribution in [0.5, 0.6) is 5.75 Å². The number of anilines is 1. The number of hydrogen-bond acceptors (Lipinski definition) is 8. The quantitative estimate of drug-likeness (QED) is 0.483. The summed E-state index contributed by atoms with van der Waals surface area (Å²) in [5.41, 5.74) is 1.55. The number of rotatable bonds is 9. The van der Waals surface area contributed by atoms with Crippen molar-refractivity contribution in [2.75, 3.05) is 24.7 Å².